The van der Waals surface area contributed by atoms with E-state index in [1.165, 1.54) is 23.5 Å². The van der Waals surface area contributed by atoms with Gasteiger partial charge in [0.2, 0.25) is 0 Å². The zero-order valence-electron chi connectivity index (χ0n) is 8.92. The predicted octanol–water partition coefficient (Wildman–Crippen LogP) is 3.66. The van der Waals surface area contributed by atoms with Crippen LogP contribution in [0.2, 0.25) is 0 Å². The zero-order valence-corrected chi connectivity index (χ0v) is 13.7. The SMILES string of the molecule is C=C(Cl)CNC(=S)SCSC(=S)NCC(=C)Cl. The van der Waals surface area contributed by atoms with Gasteiger partial charge in [0.25, 0.3) is 0 Å². The molecule has 96 valence electrons. The molecule has 0 saturated heterocycles. The minimum Gasteiger partial charge on any atom is -0.366 e. The van der Waals surface area contributed by atoms with E-state index >= 15 is 0 Å². The summed E-state index contributed by atoms with van der Waals surface area (Å²) < 4.78 is 1.34. The summed E-state index contributed by atoms with van der Waals surface area (Å²) in [4.78, 5) is 0. The van der Waals surface area contributed by atoms with Gasteiger partial charge in [0.15, 0.2) is 0 Å². The average Bonchev–Trinajstić information content (AvgIpc) is 2.23. The molecule has 2 N–H and O–H groups in total. The summed E-state index contributed by atoms with van der Waals surface area (Å²) in [6.07, 6.45) is 0. The number of hydrogen-bond donors (Lipinski definition) is 2. The van der Waals surface area contributed by atoms with Crippen molar-refractivity contribution in [2.75, 3.05) is 18.2 Å². The molecule has 8 heteroatoms. The van der Waals surface area contributed by atoms with E-state index in [2.05, 4.69) is 23.8 Å². The van der Waals surface area contributed by atoms with Gasteiger partial charge in [0, 0.05) is 10.1 Å². The second kappa shape index (κ2) is 10.5. The fraction of sp³-hybridized carbons (Fsp3) is 0.333. The molecule has 0 rings (SSSR count). The van der Waals surface area contributed by atoms with Crippen LogP contribution in [0.5, 0.6) is 0 Å². The highest BCUT2D eigenvalue weighted by Gasteiger charge is 2.01. The molecule has 0 radical (unpaired) electrons. The van der Waals surface area contributed by atoms with Gasteiger partial charge in [-0.2, -0.15) is 0 Å². The molecule has 2 nitrogen and oxygen atoms in total. The van der Waals surface area contributed by atoms with Gasteiger partial charge in [-0.15, -0.1) is 0 Å². The van der Waals surface area contributed by atoms with E-state index in [4.69, 9.17) is 47.6 Å². The Morgan fingerprint density at radius 3 is 1.59 bits per heavy atom. The number of thioether (sulfide) groups is 2. The fourth-order valence-electron chi connectivity index (χ4n) is 0.575. The Morgan fingerprint density at radius 1 is 0.941 bits per heavy atom. The second-order valence-corrected chi connectivity index (χ2v) is 7.46. The first-order valence-corrected chi connectivity index (χ1v) is 7.94. The Balaban J connectivity index is 3.55. The molecule has 0 bridgehead atoms. The highest BCUT2D eigenvalue weighted by molar-refractivity contribution is 8.35. The van der Waals surface area contributed by atoms with E-state index in [-0.39, 0.29) is 0 Å². The fourth-order valence-corrected chi connectivity index (χ4v) is 3.16. The van der Waals surface area contributed by atoms with Gasteiger partial charge in [0.05, 0.1) is 18.2 Å². The molecule has 0 unspecified atom stereocenters. The van der Waals surface area contributed by atoms with Gasteiger partial charge >= 0.3 is 0 Å². The van der Waals surface area contributed by atoms with Crippen LogP contribution < -0.4 is 10.6 Å². The van der Waals surface area contributed by atoms with E-state index in [1.807, 2.05) is 0 Å². The van der Waals surface area contributed by atoms with Gasteiger partial charge in [-0.05, 0) is 0 Å². The molecule has 0 aliphatic heterocycles. The first-order chi connectivity index (χ1) is 7.91. The van der Waals surface area contributed by atoms with Gasteiger partial charge in [-0.3, -0.25) is 0 Å². The molecular weight excluding hydrogens is 335 g/mol. The normalized spacial score (nSPS) is 9.53. The van der Waals surface area contributed by atoms with Gasteiger partial charge in [-0.1, -0.05) is 84.3 Å². The van der Waals surface area contributed by atoms with Crippen LogP contribution in [0.3, 0.4) is 0 Å². The number of rotatable bonds is 6. The Labute approximate surface area is 131 Å². The third-order valence-electron chi connectivity index (χ3n) is 1.23. The molecule has 0 aliphatic rings. The lowest BCUT2D eigenvalue weighted by Gasteiger charge is -2.07. The quantitative estimate of drug-likeness (QED) is 0.562. The summed E-state index contributed by atoms with van der Waals surface area (Å²) >= 11 is 24.3. The molecule has 0 aromatic carbocycles. The molecule has 0 fully saturated rings. The predicted molar refractivity (Wildman–Crippen MR) is 91.2 cm³/mol. The van der Waals surface area contributed by atoms with Crippen LogP contribution in [0.4, 0.5) is 0 Å². The highest BCUT2D eigenvalue weighted by Crippen LogP contribution is 2.14. The van der Waals surface area contributed by atoms with Crippen LogP contribution in [0.25, 0.3) is 0 Å². The van der Waals surface area contributed by atoms with Gasteiger partial charge in [0.1, 0.15) is 8.64 Å². The molecule has 0 atom stereocenters. The van der Waals surface area contributed by atoms with Crippen molar-refractivity contribution in [1.29, 1.82) is 0 Å². The number of nitrogens with one attached hydrogen (secondary N) is 2. The lowest BCUT2D eigenvalue weighted by molar-refractivity contribution is 1.07. The smallest absolute Gasteiger partial charge is 0.134 e. The highest BCUT2D eigenvalue weighted by atomic mass is 35.5. The molecule has 0 amide bonds. The van der Waals surface area contributed by atoms with E-state index < -0.39 is 0 Å². The summed E-state index contributed by atoms with van der Waals surface area (Å²) in [5.74, 6) is 0. The largest absolute Gasteiger partial charge is 0.366 e. The molecule has 0 spiro atoms. The van der Waals surface area contributed by atoms with Crippen molar-refractivity contribution < 1.29 is 0 Å². The molecule has 0 aliphatic carbocycles. The Morgan fingerprint density at radius 2 is 1.29 bits per heavy atom. The molecule has 0 aromatic heterocycles. The maximum atomic E-state index is 5.59. The minimum absolute atomic E-state index is 0.479. The molecule has 17 heavy (non-hydrogen) atoms. The Bertz CT molecular complexity index is 290. The first kappa shape index (κ1) is 17.5. The molecule has 0 heterocycles. The van der Waals surface area contributed by atoms with Crippen LogP contribution in [0.1, 0.15) is 0 Å². The summed E-state index contributed by atoms with van der Waals surface area (Å²) in [5, 5.41) is 7.69. The topological polar surface area (TPSA) is 24.1 Å². The van der Waals surface area contributed by atoms with Crippen LogP contribution in [0.15, 0.2) is 23.2 Å². The van der Waals surface area contributed by atoms with Crippen molar-refractivity contribution in [3.8, 4) is 0 Å². The zero-order chi connectivity index (χ0) is 13.3. The van der Waals surface area contributed by atoms with E-state index in [0.717, 1.165) is 5.08 Å². The molecule has 0 saturated carbocycles. The Kier molecular flexibility index (Phi) is 10.8. The third kappa shape index (κ3) is 12.8. The van der Waals surface area contributed by atoms with Crippen LogP contribution in [-0.2, 0) is 0 Å². The third-order valence-corrected chi connectivity index (χ3v) is 4.25. The van der Waals surface area contributed by atoms with Crippen molar-refractivity contribution in [2.45, 2.75) is 0 Å². The molecular formula is C9H12Cl2N2S4. The first-order valence-electron chi connectivity index (χ1n) is 4.39. The number of thiocarbonyl (C=S) groups is 2. The van der Waals surface area contributed by atoms with E-state index in [0.29, 0.717) is 31.8 Å². The maximum Gasteiger partial charge on any atom is 0.134 e. The average molecular weight is 347 g/mol. The van der Waals surface area contributed by atoms with Crippen LogP contribution in [-0.4, -0.2) is 26.8 Å². The van der Waals surface area contributed by atoms with Crippen molar-refractivity contribution in [1.82, 2.24) is 10.6 Å². The summed E-state index contributed by atoms with van der Waals surface area (Å²) in [7, 11) is 0. The second-order valence-electron chi connectivity index (χ2n) is 2.72. The summed E-state index contributed by atoms with van der Waals surface area (Å²) in [6, 6.07) is 0. The van der Waals surface area contributed by atoms with Crippen molar-refractivity contribution in [2.24, 2.45) is 0 Å². The lowest BCUT2D eigenvalue weighted by atomic mass is 10.6. The van der Waals surface area contributed by atoms with Crippen molar-refractivity contribution in [3.63, 3.8) is 0 Å². The summed E-state index contributed by atoms with van der Waals surface area (Å²) in [5.41, 5.74) is 0. The van der Waals surface area contributed by atoms with Crippen molar-refractivity contribution >= 4 is 79.8 Å². The van der Waals surface area contributed by atoms with Gasteiger partial charge < -0.3 is 10.6 Å². The number of hydrogen-bond acceptors (Lipinski definition) is 4. The van der Waals surface area contributed by atoms with E-state index in [9.17, 15) is 0 Å². The number of halogens is 2. The standard InChI is InChI=1S/C9H12Cl2N2S4/c1-6(10)3-12-8(14)16-5-17-9(15)13-4-7(2)11/h1-5H2,(H,12,14)(H,13,15). The minimum atomic E-state index is 0.479. The maximum absolute atomic E-state index is 5.59. The lowest BCUT2D eigenvalue weighted by Crippen LogP contribution is -2.21. The van der Waals surface area contributed by atoms with Crippen LogP contribution in [0, 0.1) is 0 Å². The van der Waals surface area contributed by atoms with Crippen LogP contribution >= 0.6 is 71.2 Å². The van der Waals surface area contributed by atoms with Gasteiger partial charge in [-0.25, -0.2) is 0 Å². The summed E-state index contributed by atoms with van der Waals surface area (Å²) in [6.45, 7) is 8.07. The monoisotopic (exact) mass is 346 g/mol. The Hall–Kier alpha value is 0.540. The van der Waals surface area contributed by atoms with E-state index in [1.54, 1.807) is 0 Å². The van der Waals surface area contributed by atoms with Crippen molar-refractivity contribution in [3.05, 3.63) is 23.2 Å². The molecule has 0 aromatic rings.